The molecule has 0 radical (unpaired) electrons. The summed E-state index contributed by atoms with van der Waals surface area (Å²) in [6.45, 7) is 9.37. The van der Waals surface area contributed by atoms with E-state index in [1.54, 1.807) is 26.8 Å². The average Bonchev–Trinajstić information content (AvgIpc) is 2.46. The minimum absolute atomic E-state index is 0.0511. The van der Waals surface area contributed by atoms with Crippen molar-refractivity contribution in [3.8, 4) is 0 Å². The quantitative estimate of drug-likeness (QED) is 0.767. The molecule has 0 fully saturated rings. The van der Waals surface area contributed by atoms with Crippen molar-refractivity contribution in [2.24, 2.45) is 5.92 Å². The third-order valence-corrected chi connectivity index (χ3v) is 2.24. The fraction of sp³-hybridized carbons (Fsp3) is 0.571. The molecular formula is C14H21NO3. The van der Waals surface area contributed by atoms with E-state index in [2.05, 4.69) is 5.32 Å². The maximum atomic E-state index is 11.6. The molecule has 1 amide bonds. The highest BCUT2D eigenvalue weighted by atomic mass is 16.6. The molecule has 1 aliphatic carbocycles. The monoisotopic (exact) mass is 251 g/mol. The number of alkyl carbamates (subject to hydrolysis) is 1. The smallest absolute Gasteiger partial charge is 0.408 e. The van der Waals surface area contributed by atoms with Crippen molar-refractivity contribution in [1.82, 2.24) is 5.32 Å². The van der Waals surface area contributed by atoms with Gasteiger partial charge >= 0.3 is 6.09 Å². The first-order valence-electron chi connectivity index (χ1n) is 6.13. The molecule has 1 rings (SSSR count). The maximum absolute atomic E-state index is 11.6. The summed E-state index contributed by atoms with van der Waals surface area (Å²) in [7, 11) is 0. The highest BCUT2D eigenvalue weighted by molar-refractivity contribution is 6.08. The van der Waals surface area contributed by atoms with Crippen LogP contribution in [0, 0.1) is 5.92 Å². The summed E-state index contributed by atoms with van der Waals surface area (Å²) in [4.78, 5) is 23.3. The third kappa shape index (κ3) is 4.35. The number of nitrogens with one attached hydrogen (secondary N) is 1. The van der Waals surface area contributed by atoms with Gasteiger partial charge in [-0.2, -0.15) is 0 Å². The zero-order chi connectivity index (χ0) is 13.9. The topological polar surface area (TPSA) is 55.4 Å². The summed E-state index contributed by atoms with van der Waals surface area (Å²) in [6, 6.07) is -0.380. The predicted octanol–water partition coefficient (Wildman–Crippen LogP) is 2.60. The first-order valence-corrected chi connectivity index (χ1v) is 6.13. The molecule has 0 saturated carbocycles. The SMILES string of the molecule is CC(C)/C=C1\C(=O)C=C[C@H]1NC(=O)OC(C)(C)C. The van der Waals surface area contributed by atoms with Gasteiger partial charge in [-0.3, -0.25) is 4.79 Å². The lowest BCUT2D eigenvalue weighted by molar-refractivity contribution is -0.111. The molecule has 0 aromatic heterocycles. The first kappa shape index (κ1) is 14.5. The van der Waals surface area contributed by atoms with Crippen LogP contribution in [0.3, 0.4) is 0 Å². The Morgan fingerprint density at radius 2 is 2.06 bits per heavy atom. The van der Waals surface area contributed by atoms with Crippen LogP contribution in [0.2, 0.25) is 0 Å². The lowest BCUT2D eigenvalue weighted by Gasteiger charge is -2.21. The number of ketones is 1. The number of hydrogen-bond acceptors (Lipinski definition) is 3. The molecule has 0 aromatic rings. The van der Waals surface area contributed by atoms with E-state index in [1.807, 2.05) is 19.9 Å². The van der Waals surface area contributed by atoms with Crippen molar-refractivity contribution in [3.63, 3.8) is 0 Å². The minimum Gasteiger partial charge on any atom is -0.444 e. The Labute approximate surface area is 108 Å². The van der Waals surface area contributed by atoms with Crippen molar-refractivity contribution in [1.29, 1.82) is 0 Å². The second kappa shape index (κ2) is 5.38. The molecule has 1 atom stereocenters. The van der Waals surface area contributed by atoms with E-state index < -0.39 is 11.7 Å². The van der Waals surface area contributed by atoms with E-state index in [0.29, 0.717) is 5.57 Å². The Morgan fingerprint density at radius 1 is 1.44 bits per heavy atom. The van der Waals surface area contributed by atoms with E-state index in [-0.39, 0.29) is 17.7 Å². The lowest BCUT2D eigenvalue weighted by atomic mass is 10.0. The molecule has 1 N–H and O–H groups in total. The Morgan fingerprint density at radius 3 is 2.56 bits per heavy atom. The van der Waals surface area contributed by atoms with E-state index in [1.165, 1.54) is 6.08 Å². The third-order valence-electron chi connectivity index (χ3n) is 2.24. The molecular weight excluding hydrogens is 230 g/mol. The number of allylic oxidation sites excluding steroid dienone is 2. The van der Waals surface area contributed by atoms with Crippen molar-refractivity contribution in [3.05, 3.63) is 23.8 Å². The predicted molar refractivity (Wildman–Crippen MR) is 70.2 cm³/mol. The fourth-order valence-electron chi connectivity index (χ4n) is 1.64. The van der Waals surface area contributed by atoms with Gasteiger partial charge in [0.15, 0.2) is 5.78 Å². The van der Waals surface area contributed by atoms with Crippen LogP contribution in [-0.4, -0.2) is 23.5 Å². The van der Waals surface area contributed by atoms with Crippen LogP contribution in [-0.2, 0) is 9.53 Å². The van der Waals surface area contributed by atoms with Gasteiger partial charge in [0.25, 0.3) is 0 Å². The van der Waals surface area contributed by atoms with Crippen molar-refractivity contribution in [2.75, 3.05) is 0 Å². The van der Waals surface area contributed by atoms with Gasteiger partial charge < -0.3 is 10.1 Å². The average molecular weight is 251 g/mol. The molecule has 0 heterocycles. The molecule has 1 aliphatic rings. The zero-order valence-corrected chi connectivity index (χ0v) is 11.6. The summed E-state index contributed by atoms with van der Waals surface area (Å²) >= 11 is 0. The molecule has 0 bridgehead atoms. The second-order valence-electron chi connectivity index (χ2n) is 5.71. The summed E-state index contributed by atoms with van der Waals surface area (Å²) in [6.07, 6.45) is 4.52. The molecule has 100 valence electrons. The second-order valence-corrected chi connectivity index (χ2v) is 5.71. The summed E-state index contributed by atoms with van der Waals surface area (Å²) in [5.74, 6) is 0.205. The Balaban J connectivity index is 2.70. The number of hydrogen-bond donors (Lipinski definition) is 1. The molecule has 0 aromatic carbocycles. The van der Waals surface area contributed by atoms with Crippen molar-refractivity contribution < 1.29 is 14.3 Å². The highest BCUT2D eigenvalue weighted by Gasteiger charge is 2.26. The summed E-state index contributed by atoms with van der Waals surface area (Å²) < 4.78 is 5.17. The Kier molecular flexibility index (Phi) is 4.33. The molecule has 18 heavy (non-hydrogen) atoms. The van der Waals surface area contributed by atoms with Gasteiger partial charge in [-0.15, -0.1) is 0 Å². The zero-order valence-electron chi connectivity index (χ0n) is 11.6. The van der Waals surface area contributed by atoms with Gasteiger partial charge in [0.1, 0.15) is 5.60 Å². The Hall–Kier alpha value is -1.58. The molecule has 0 saturated heterocycles. The summed E-state index contributed by atoms with van der Waals surface area (Å²) in [5, 5.41) is 2.68. The molecule has 0 spiro atoms. The number of rotatable bonds is 2. The van der Waals surface area contributed by atoms with Crippen LogP contribution in [0.15, 0.2) is 23.8 Å². The van der Waals surface area contributed by atoms with Crippen molar-refractivity contribution >= 4 is 11.9 Å². The van der Waals surface area contributed by atoms with Gasteiger partial charge in [0, 0.05) is 5.57 Å². The van der Waals surface area contributed by atoms with Crippen LogP contribution in [0.25, 0.3) is 0 Å². The molecule has 0 aliphatic heterocycles. The van der Waals surface area contributed by atoms with E-state index >= 15 is 0 Å². The normalized spacial score (nSPS) is 21.8. The number of ether oxygens (including phenoxy) is 1. The van der Waals surface area contributed by atoms with Crippen LogP contribution in [0.4, 0.5) is 4.79 Å². The lowest BCUT2D eigenvalue weighted by Crippen LogP contribution is -2.38. The highest BCUT2D eigenvalue weighted by Crippen LogP contribution is 2.17. The molecule has 4 nitrogen and oxygen atoms in total. The Bertz CT molecular complexity index is 400. The molecule has 0 unspecified atom stereocenters. The van der Waals surface area contributed by atoms with Gasteiger partial charge in [-0.1, -0.05) is 26.0 Å². The van der Waals surface area contributed by atoms with Gasteiger partial charge in [0.2, 0.25) is 0 Å². The van der Waals surface area contributed by atoms with E-state index in [4.69, 9.17) is 4.74 Å². The number of carbonyl (C=O) groups excluding carboxylic acids is 2. The standard InChI is InChI=1S/C14H21NO3/c1-9(2)8-10-11(6-7-12(10)16)15-13(17)18-14(3,4)5/h6-9,11H,1-5H3,(H,15,17)/b10-8-/t11-/m1/s1. The summed E-state index contributed by atoms with van der Waals surface area (Å²) in [5.41, 5.74) is 0.0640. The number of amides is 1. The van der Waals surface area contributed by atoms with Crippen LogP contribution >= 0.6 is 0 Å². The van der Waals surface area contributed by atoms with Gasteiger partial charge in [-0.25, -0.2) is 4.79 Å². The van der Waals surface area contributed by atoms with Crippen molar-refractivity contribution in [2.45, 2.75) is 46.3 Å². The maximum Gasteiger partial charge on any atom is 0.408 e. The van der Waals surface area contributed by atoms with Gasteiger partial charge in [0.05, 0.1) is 6.04 Å². The van der Waals surface area contributed by atoms with Crippen LogP contribution in [0.1, 0.15) is 34.6 Å². The largest absolute Gasteiger partial charge is 0.444 e. The minimum atomic E-state index is -0.543. The van der Waals surface area contributed by atoms with E-state index in [0.717, 1.165) is 0 Å². The van der Waals surface area contributed by atoms with Gasteiger partial charge in [-0.05, 0) is 32.8 Å². The van der Waals surface area contributed by atoms with E-state index in [9.17, 15) is 9.59 Å². The fourth-order valence-corrected chi connectivity index (χ4v) is 1.64. The number of carbonyl (C=O) groups is 2. The van der Waals surface area contributed by atoms with Crippen LogP contribution in [0.5, 0.6) is 0 Å². The van der Waals surface area contributed by atoms with Crippen LogP contribution < -0.4 is 5.32 Å². The first-order chi connectivity index (χ1) is 8.19. The molecule has 4 heteroatoms.